The molecule has 0 saturated heterocycles. The van der Waals surface area contributed by atoms with Crippen molar-refractivity contribution in [1.82, 2.24) is 15.1 Å². The zero-order chi connectivity index (χ0) is 25.8. The summed E-state index contributed by atoms with van der Waals surface area (Å²) in [4.78, 5) is 27.3. The van der Waals surface area contributed by atoms with Crippen molar-refractivity contribution in [2.75, 3.05) is 11.5 Å². The molecule has 1 N–H and O–H groups in total. The number of fused-ring (bicyclic) bond motifs is 1. The summed E-state index contributed by atoms with van der Waals surface area (Å²) in [5.41, 5.74) is 4.14. The predicted octanol–water partition coefficient (Wildman–Crippen LogP) is 5.47. The minimum atomic E-state index is -0.169. The molecule has 0 unspecified atom stereocenters. The molecule has 0 aliphatic carbocycles. The second-order valence-corrected chi connectivity index (χ2v) is 9.20. The standard InChI is InChI=1S/C29H27ClN4O3/c1-2-37-26-6-4-3-5-23(26)18-31-29(36)22-9-7-20(8-10-22)19-33-27-17-25(21-11-13-24(30)14-12-21)32-34(27)16-15-28(33)35/h3-14,17H,2,15-16,18-19H2,1H3,(H,31,36). The van der Waals surface area contributed by atoms with Crippen LogP contribution >= 0.6 is 11.6 Å². The van der Waals surface area contributed by atoms with Gasteiger partial charge in [0.1, 0.15) is 11.6 Å². The van der Waals surface area contributed by atoms with Crippen molar-refractivity contribution in [3.8, 4) is 17.0 Å². The van der Waals surface area contributed by atoms with Gasteiger partial charge in [0.2, 0.25) is 5.91 Å². The second-order valence-electron chi connectivity index (χ2n) is 8.77. The van der Waals surface area contributed by atoms with Gasteiger partial charge in [0.05, 0.1) is 25.4 Å². The summed E-state index contributed by atoms with van der Waals surface area (Å²) in [5, 5.41) is 8.31. The van der Waals surface area contributed by atoms with Gasteiger partial charge in [0.25, 0.3) is 5.91 Å². The lowest BCUT2D eigenvalue weighted by atomic mass is 10.1. The number of anilines is 1. The van der Waals surface area contributed by atoms with Gasteiger partial charge in [0, 0.05) is 40.7 Å². The molecule has 3 aromatic carbocycles. The van der Waals surface area contributed by atoms with Crippen LogP contribution in [0.25, 0.3) is 11.3 Å². The smallest absolute Gasteiger partial charge is 0.251 e. The Bertz CT molecular complexity index is 1410. The number of amides is 2. The molecule has 1 aliphatic heterocycles. The molecule has 5 rings (SSSR count). The monoisotopic (exact) mass is 514 g/mol. The summed E-state index contributed by atoms with van der Waals surface area (Å²) >= 11 is 6.02. The van der Waals surface area contributed by atoms with E-state index in [9.17, 15) is 9.59 Å². The fraction of sp³-hybridized carbons (Fsp3) is 0.207. The van der Waals surface area contributed by atoms with Gasteiger partial charge >= 0.3 is 0 Å². The highest BCUT2D eigenvalue weighted by Crippen LogP contribution is 2.30. The first kappa shape index (κ1) is 24.6. The molecule has 0 fully saturated rings. The third-order valence-corrected chi connectivity index (χ3v) is 6.53. The van der Waals surface area contributed by atoms with E-state index in [0.29, 0.717) is 43.2 Å². The minimum Gasteiger partial charge on any atom is -0.494 e. The number of nitrogens with one attached hydrogen (secondary N) is 1. The summed E-state index contributed by atoms with van der Waals surface area (Å²) in [7, 11) is 0. The van der Waals surface area contributed by atoms with Crippen LogP contribution < -0.4 is 15.0 Å². The molecule has 7 nitrogen and oxygen atoms in total. The lowest BCUT2D eigenvalue weighted by Gasteiger charge is -2.27. The zero-order valence-corrected chi connectivity index (χ0v) is 21.2. The molecule has 2 heterocycles. The molecule has 1 aliphatic rings. The second kappa shape index (κ2) is 10.9. The highest BCUT2D eigenvalue weighted by Gasteiger charge is 2.26. The van der Waals surface area contributed by atoms with E-state index in [-0.39, 0.29) is 11.8 Å². The molecule has 0 radical (unpaired) electrons. The van der Waals surface area contributed by atoms with Crippen molar-refractivity contribution in [2.45, 2.75) is 33.0 Å². The van der Waals surface area contributed by atoms with Crippen LogP contribution in [0.3, 0.4) is 0 Å². The Hall–Kier alpha value is -4.10. The molecule has 0 atom stereocenters. The Balaban J connectivity index is 1.27. The molecule has 4 aromatic rings. The number of hydrogen-bond donors (Lipinski definition) is 1. The molecule has 1 aromatic heterocycles. The number of halogens is 1. The van der Waals surface area contributed by atoms with Gasteiger partial charge in [-0.2, -0.15) is 5.10 Å². The van der Waals surface area contributed by atoms with Crippen molar-refractivity contribution in [3.05, 3.63) is 101 Å². The van der Waals surface area contributed by atoms with Crippen LogP contribution in [0, 0.1) is 0 Å². The number of carbonyl (C=O) groups excluding carboxylic acids is 2. The molecule has 0 spiro atoms. The van der Waals surface area contributed by atoms with Crippen LogP contribution in [0.1, 0.15) is 34.8 Å². The molecule has 0 bridgehead atoms. The summed E-state index contributed by atoms with van der Waals surface area (Å²) in [6, 6.07) is 24.4. The SMILES string of the molecule is CCOc1ccccc1CNC(=O)c1ccc(CN2C(=O)CCn3nc(-c4ccc(Cl)cc4)cc32)cc1. The molecule has 188 valence electrons. The Morgan fingerprint density at radius 1 is 1.05 bits per heavy atom. The van der Waals surface area contributed by atoms with Gasteiger partial charge in [-0.25, -0.2) is 4.68 Å². The Morgan fingerprint density at radius 3 is 2.57 bits per heavy atom. The topological polar surface area (TPSA) is 76.5 Å². The number of ether oxygens (including phenoxy) is 1. The predicted molar refractivity (Wildman–Crippen MR) is 144 cm³/mol. The summed E-state index contributed by atoms with van der Waals surface area (Å²) in [6.45, 7) is 3.81. The van der Waals surface area contributed by atoms with E-state index in [0.717, 1.165) is 34.0 Å². The van der Waals surface area contributed by atoms with Gasteiger partial charge in [-0.1, -0.05) is 54.1 Å². The third kappa shape index (κ3) is 5.52. The first-order chi connectivity index (χ1) is 18.0. The largest absolute Gasteiger partial charge is 0.494 e. The normalized spacial score (nSPS) is 12.8. The molecule has 8 heteroatoms. The number of benzene rings is 3. The molecular weight excluding hydrogens is 488 g/mol. The van der Waals surface area contributed by atoms with Crippen LogP contribution in [0.4, 0.5) is 5.82 Å². The quantitative estimate of drug-likeness (QED) is 0.338. The molecule has 2 amide bonds. The van der Waals surface area contributed by atoms with Gasteiger partial charge in [-0.3, -0.25) is 14.5 Å². The number of carbonyl (C=O) groups is 2. The van der Waals surface area contributed by atoms with E-state index < -0.39 is 0 Å². The molecular formula is C29H27ClN4O3. The summed E-state index contributed by atoms with van der Waals surface area (Å²) in [5.74, 6) is 1.41. The zero-order valence-electron chi connectivity index (χ0n) is 20.5. The van der Waals surface area contributed by atoms with Gasteiger partial charge in [0.15, 0.2) is 0 Å². The van der Waals surface area contributed by atoms with Gasteiger partial charge < -0.3 is 10.1 Å². The van der Waals surface area contributed by atoms with E-state index in [1.165, 1.54) is 0 Å². The first-order valence-corrected chi connectivity index (χ1v) is 12.6. The number of aryl methyl sites for hydroxylation is 1. The maximum atomic E-state index is 12.8. The van der Waals surface area contributed by atoms with Crippen LogP contribution in [-0.4, -0.2) is 28.2 Å². The van der Waals surface area contributed by atoms with Crippen molar-refractivity contribution in [1.29, 1.82) is 0 Å². The Labute approximate surface area is 220 Å². The van der Waals surface area contributed by atoms with E-state index in [1.54, 1.807) is 17.0 Å². The average molecular weight is 515 g/mol. The van der Waals surface area contributed by atoms with E-state index >= 15 is 0 Å². The highest BCUT2D eigenvalue weighted by atomic mass is 35.5. The summed E-state index contributed by atoms with van der Waals surface area (Å²) in [6.07, 6.45) is 0.387. The molecule has 37 heavy (non-hydrogen) atoms. The minimum absolute atomic E-state index is 0.0461. The number of para-hydroxylation sites is 1. The number of nitrogens with zero attached hydrogens (tertiary/aromatic N) is 3. The first-order valence-electron chi connectivity index (χ1n) is 12.2. The van der Waals surface area contributed by atoms with Crippen molar-refractivity contribution < 1.29 is 14.3 Å². The van der Waals surface area contributed by atoms with Crippen molar-refractivity contribution in [3.63, 3.8) is 0 Å². The maximum Gasteiger partial charge on any atom is 0.251 e. The fourth-order valence-corrected chi connectivity index (χ4v) is 4.48. The van der Waals surface area contributed by atoms with Crippen molar-refractivity contribution >= 4 is 29.2 Å². The van der Waals surface area contributed by atoms with Gasteiger partial charge in [-0.05, 0) is 42.8 Å². The Morgan fingerprint density at radius 2 is 1.81 bits per heavy atom. The lowest BCUT2D eigenvalue weighted by molar-refractivity contribution is -0.119. The number of aromatic nitrogens is 2. The number of hydrogen-bond acceptors (Lipinski definition) is 4. The van der Waals surface area contributed by atoms with Crippen LogP contribution in [0.2, 0.25) is 5.02 Å². The van der Waals surface area contributed by atoms with Crippen LogP contribution in [-0.2, 0) is 24.4 Å². The summed E-state index contributed by atoms with van der Waals surface area (Å²) < 4.78 is 7.50. The van der Waals surface area contributed by atoms with Crippen LogP contribution in [0.5, 0.6) is 5.75 Å². The molecule has 0 saturated carbocycles. The fourth-order valence-electron chi connectivity index (χ4n) is 4.35. The maximum absolute atomic E-state index is 12.8. The van der Waals surface area contributed by atoms with E-state index in [2.05, 4.69) is 5.32 Å². The average Bonchev–Trinajstić information content (AvgIpc) is 3.35. The van der Waals surface area contributed by atoms with Gasteiger partial charge in [-0.15, -0.1) is 0 Å². The Kier molecular flexibility index (Phi) is 7.23. The van der Waals surface area contributed by atoms with E-state index in [4.69, 9.17) is 21.4 Å². The van der Waals surface area contributed by atoms with Crippen LogP contribution in [0.15, 0.2) is 78.9 Å². The third-order valence-electron chi connectivity index (χ3n) is 6.28. The van der Waals surface area contributed by atoms with Crippen molar-refractivity contribution in [2.24, 2.45) is 0 Å². The number of rotatable bonds is 8. The van der Waals surface area contributed by atoms with E-state index in [1.807, 2.05) is 78.3 Å². The highest BCUT2D eigenvalue weighted by molar-refractivity contribution is 6.30. The lowest BCUT2D eigenvalue weighted by Crippen LogP contribution is -2.36.